The van der Waals surface area contributed by atoms with Gasteiger partial charge in [0.05, 0.1) is 11.1 Å². The van der Waals surface area contributed by atoms with Crippen LogP contribution >= 0.6 is 0 Å². The van der Waals surface area contributed by atoms with Crippen LogP contribution < -0.4 is 11.5 Å². The summed E-state index contributed by atoms with van der Waals surface area (Å²) in [5.74, 6) is -0.495. The smallest absolute Gasteiger partial charge is 0.408 e. The number of aliphatic hydroxyl groups is 1. The second-order valence-corrected chi connectivity index (χ2v) is 4.04. The summed E-state index contributed by atoms with van der Waals surface area (Å²) < 4.78 is 4.93. The van der Waals surface area contributed by atoms with Gasteiger partial charge in [-0.3, -0.25) is 4.98 Å². The molecule has 1 aromatic carbocycles. The summed E-state index contributed by atoms with van der Waals surface area (Å²) >= 11 is 0. The summed E-state index contributed by atoms with van der Waals surface area (Å²) in [4.78, 5) is 13.5. The topological polar surface area (TPSA) is 92.2 Å². The van der Waals surface area contributed by atoms with Crippen LogP contribution in [0.25, 0.3) is 11.1 Å². The van der Waals surface area contributed by atoms with Crippen LogP contribution in [0.15, 0.2) is 27.4 Å². The van der Waals surface area contributed by atoms with Crippen LogP contribution in [0.5, 0.6) is 0 Å². The van der Waals surface area contributed by atoms with E-state index in [0.29, 0.717) is 29.6 Å². The molecule has 1 unspecified atom stereocenters. The normalized spacial score (nSPS) is 15.2. The van der Waals surface area contributed by atoms with Gasteiger partial charge in [0, 0.05) is 0 Å². The number of rotatable bonds is 3. The number of benzene rings is 1. The number of H-pyrrole nitrogens is 1. The minimum atomic E-state index is -1.00. The molecule has 0 amide bonds. The van der Waals surface area contributed by atoms with Gasteiger partial charge in [-0.2, -0.15) is 0 Å². The molecule has 5 heteroatoms. The van der Waals surface area contributed by atoms with Gasteiger partial charge in [-0.25, -0.2) is 4.79 Å². The van der Waals surface area contributed by atoms with Gasteiger partial charge in [0.1, 0.15) is 0 Å². The van der Waals surface area contributed by atoms with E-state index in [-0.39, 0.29) is 0 Å². The summed E-state index contributed by atoms with van der Waals surface area (Å²) in [7, 11) is 0. The van der Waals surface area contributed by atoms with Crippen molar-refractivity contribution in [2.45, 2.75) is 18.9 Å². The Hall–Kier alpha value is -1.59. The molecule has 86 valence electrons. The van der Waals surface area contributed by atoms with Crippen molar-refractivity contribution in [2.24, 2.45) is 5.73 Å². The zero-order valence-electron chi connectivity index (χ0n) is 8.99. The van der Waals surface area contributed by atoms with E-state index < -0.39 is 11.4 Å². The Balaban J connectivity index is 2.49. The first-order chi connectivity index (χ1) is 7.53. The van der Waals surface area contributed by atoms with Crippen LogP contribution in [0.2, 0.25) is 0 Å². The monoisotopic (exact) mass is 222 g/mol. The third-order valence-electron chi connectivity index (χ3n) is 2.67. The Morgan fingerprint density at radius 2 is 2.31 bits per heavy atom. The van der Waals surface area contributed by atoms with E-state index >= 15 is 0 Å². The highest BCUT2D eigenvalue weighted by molar-refractivity contribution is 5.73. The number of oxazole rings is 1. The number of hydrogen-bond acceptors (Lipinski definition) is 4. The molecule has 0 spiro atoms. The minimum absolute atomic E-state index is 0.391. The number of aromatic nitrogens is 1. The zero-order chi connectivity index (χ0) is 11.8. The SMILES string of the molecule is CC(O)(CCN)c1ccc2[nH]c(=O)oc2c1. The van der Waals surface area contributed by atoms with E-state index in [1.165, 1.54) is 0 Å². The fourth-order valence-corrected chi connectivity index (χ4v) is 1.71. The second-order valence-electron chi connectivity index (χ2n) is 4.04. The lowest BCUT2D eigenvalue weighted by Gasteiger charge is -2.22. The van der Waals surface area contributed by atoms with Gasteiger partial charge in [0.25, 0.3) is 0 Å². The highest BCUT2D eigenvalue weighted by Crippen LogP contribution is 2.26. The van der Waals surface area contributed by atoms with Gasteiger partial charge in [-0.15, -0.1) is 0 Å². The maximum atomic E-state index is 11.0. The van der Waals surface area contributed by atoms with Crippen molar-refractivity contribution in [3.8, 4) is 0 Å². The lowest BCUT2D eigenvalue weighted by molar-refractivity contribution is 0.0505. The molecule has 4 N–H and O–H groups in total. The summed E-state index contributed by atoms with van der Waals surface area (Å²) in [6.45, 7) is 2.08. The number of nitrogens with one attached hydrogen (secondary N) is 1. The molecule has 0 fully saturated rings. The Morgan fingerprint density at radius 1 is 1.56 bits per heavy atom. The van der Waals surface area contributed by atoms with Gasteiger partial charge in [0.2, 0.25) is 0 Å². The van der Waals surface area contributed by atoms with E-state index in [0.717, 1.165) is 0 Å². The third kappa shape index (κ3) is 1.87. The van der Waals surface area contributed by atoms with Crippen LogP contribution in [0.4, 0.5) is 0 Å². The highest BCUT2D eigenvalue weighted by Gasteiger charge is 2.22. The predicted octanol–water partition coefficient (Wildman–Crippen LogP) is 0.677. The van der Waals surface area contributed by atoms with Gasteiger partial charge >= 0.3 is 5.76 Å². The Bertz CT molecular complexity index is 554. The lowest BCUT2D eigenvalue weighted by atomic mass is 9.92. The lowest BCUT2D eigenvalue weighted by Crippen LogP contribution is -2.24. The largest absolute Gasteiger partial charge is 0.417 e. The summed E-state index contributed by atoms with van der Waals surface area (Å²) in [5, 5.41) is 10.1. The fourth-order valence-electron chi connectivity index (χ4n) is 1.71. The molecule has 1 aromatic heterocycles. The molecule has 5 nitrogen and oxygen atoms in total. The van der Waals surface area contributed by atoms with E-state index in [1.54, 1.807) is 25.1 Å². The van der Waals surface area contributed by atoms with Crippen molar-refractivity contribution >= 4 is 11.1 Å². The molecule has 0 saturated heterocycles. The first-order valence-electron chi connectivity index (χ1n) is 5.09. The van der Waals surface area contributed by atoms with Crippen molar-refractivity contribution in [3.63, 3.8) is 0 Å². The van der Waals surface area contributed by atoms with Crippen LogP contribution in [-0.2, 0) is 5.60 Å². The summed E-state index contributed by atoms with van der Waals surface area (Å²) in [6, 6.07) is 5.12. The van der Waals surface area contributed by atoms with E-state index in [1.807, 2.05) is 0 Å². The van der Waals surface area contributed by atoms with Crippen LogP contribution in [0.3, 0.4) is 0 Å². The molecule has 0 aliphatic carbocycles. The van der Waals surface area contributed by atoms with Crippen molar-refractivity contribution < 1.29 is 9.52 Å². The molecule has 0 aliphatic rings. The van der Waals surface area contributed by atoms with E-state index in [4.69, 9.17) is 10.2 Å². The molecule has 2 aromatic rings. The Kier molecular flexibility index (Phi) is 2.57. The maximum absolute atomic E-state index is 11.0. The minimum Gasteiger partial charge on any atom is -0.408 e. The third-order valence-corrected chi connectivity index (χ3v) is 2.67. The van der Waals surface area contributed by atoms with Gasteiger partial charge in [-0.1, -0.05) is 6.07 Å². The average Bonchev–Trinajstić information content (AvgIpc) is 2.56. The standard InChI is InChI=1S/C11H14N2O3/c1-11(15,4-5-12)7-2-3-8-9(6-7)16-10(14)13-8/h2-3,6,15H,4-5,12H2,1H3,(H,13,14). The van der Waals surface area contributed by atoms with E-state index in [2.05, 4.69) is 4.98 Å². The molecule has 0 bridgehead atoms. The molecular formula is C11H14N2O3. The fraction of sp³-hybridized carbons (Fsp3) is 0.364. The molecule has 0 saturated carbocycles. The number of aromatic amines is 1. The quantitative estimate of drug-likeness (QED) is 0.712. The zero-order valence-corrected chi connectivity index (χ0v) is 8.99. The number of nitrogens with two attached hydrogens (primary N) is 1. The highest BCUT2D eigenvalue weighted by atomic mass is 16.4. The molecule has 1 atom stereocenters. The molecule has 0 aliphatic heterocycles. The maximum Gasteiger partial charge on any atom is 0.417 e. The van der Waals surface area contributed by atoms with Crippen molar-refractivity contribution in [1.82, 2.24) is 4.98 Å². The van der Waals surface area contributed by atoms with Gasteiger partial charge in [-0.05, 0) is 37.6 Å². The summed E-state index contributed by atoms with van der Waals surface area (Å²) in [5.41, 5.74) is 6.18. The molecule has 0 radical (unpaired) electrons. The molecule has 16 heavy (non-hydrogen) atoms. The predicted molar refractivity (Wildman–Crippen MR) is 60.1 cm³/mol. The van der Waals surface area contributed by atoms with Crippen LogP contribution in [0, 0.1) is 0 Å². The van der Waals surface area contributed by atoms with Crippen LogP contribution in [0.1, 0.15) is 18.9 Å². The van der Waals surface area contributed by atoms with E-state index in [9.17, 15) is 9.90 Å². The van der Waals surface area contributed by atoms with Crippen molar-refractivity contribution in [2.75, 3.05) is 6.54 Å². The number of fused-ring (bicyclic) bond motifs is 1. The number of hydrogen-bond donors (Lipinski definition) is 3. The van der Waals surface area contributed by atoms with Gasteiger partial charge in [0.15, 0.2) is 5.58 Å². The van der Waals surface area contributed by atoms with Crippen LogP contribution in [-0.4, -0.2) is 16.6 Å². The first kappa shape index (κ1) is 10.9. The van der Waals surface area contributed by atoms with Crippen molar-refractivity contribution in [1.29, 1.82) is 0 Å². The second kappa shape index (κ2) is 3.77. The molecular weight excluding hydrogens is 208 g/mol. The van der Waals surface area contributed by atoms with Crippen molar-refractivity contribution in [3.05, 3.63) is 34.3 Å². The Morgan fingerprint density at radius 3 is 3.00 bits per heavy atom. The average molecular weight is 222 g/mol. The Labute approximate surface area is 91.9 Å². The molecule has 1 heterocycles. The summed E-state index contributed by atoms with van der Waals surface area (Å²) in [6.07, 6.45) is 0.452. The molecule has 2 rings (SSSR count). The first-order valence-corrected chi connectivity index (χ1v) is 5.09. The van der Waals surface area contributed by atoms with Gasteiger partial charge < -0.3 is 15.3 Å².